The van der Waals surface area contributed by atoms with E-state index in [1.54, 1.807) is 0 Å². The van der Waals surface area contributed by atoms with Crippen LogP contribution < -0.4 is 5.14 Å². The van der Waals surface area contributed by atoms with Crippen molar-refractivity contribution in [2.24, 2.45) is 5.14 Å². The summed E-state index contributed by atoms with van der Waals surface area (Å²) in [4.78, 5) is -0.472. The van der Waals surface area contributed by atoms with Gasteiger partial charge in [0.25, 0.3) is 0 Å². The normalized spacial score (nSPS) is 14.6. The van der Waals surface area contributed by atoms with Crippen LogP contribution in [0.3, 0.4) is 0 Å². The Labute approximate surface area is 112 Å². The second-order valence-electron chi connectivity index (χ2n) is 4.07. The van der Waals surface area contributed by atoms with Gasteiger partial charge in [0.1, 0.15) is 0 Å². The first kappa shape index (κ1) is 16.1. The van der Waals surface area contributed by atoms with Crippen LogP contribution in [0.5, 0.6) is 0 Å². The Bertz CT molecular complexity index is 654. The number of aliphatic hydroxyl groups excluding tert-OH is 1. The van der Waals surface area contributed by atoms with E-state index in [1.807, 2.05) is 0 Å². The molecular weight excluding hydrogens is 292 g/mol. The summed E-state index contributed by atoms with van der Waals surface area (Å²) in [6, 6.07) is 4.15. The van der Waals surface area contributed by atoms with Gasteiger partial charge in [0.15, 0.2) is 0 Å². The average molecular weight is 308 g/mol. The Morgan fingerprint density at radius 3 is 2.26 bits per heavy atom. The van der Waals surface area contributed by atoms with E-state index in [2.05, 4.69) is 0 Å². The van der Waals surface area contributed by atoms with Crippen LogP contribution in [-0.2, 0) is 20.0 Å². The zero-order valence-corrected chi connectivity index (χ0v) is 12.1. The van der Waals surface area contributed by atoms with Gasteiger partial charge in [-0.2, -0.15) is 4.31 Å². The first-order chi connectivity index (χ1) is 8.60. The number of primary sulfonamides is 1. The molecule has 0 radical (unpaired) electrons. The van der Waals surface area contributed by atoms with Crippen LogP contribution in [0.15, 0.2) is 34.1 Å². The largest absolute Gasteiger partial charge is 0.395 e. The van der Waals surface area contributed by atoms with E-state index in [4.69, 9.17) is 10.2 Å². The molecule has 1 atom stereocenters. The predicted octanol–water partition coefficient (Wildman–Crippen LogP) is -0.665. The molecule has 108 valence electrons. The molecule has 3 N–H and O–H groups in total. The molecule has 0 fully saturated rings. The number of hydrogen-bond donors (Lipinski definition) is 2. The molecule has 0 saturated carbocycles. The van der Waals surface area contributed by atoms with Crippen LogP contribution in [0.4, 0.5) is 0 Å². The minimum Gasteiger partial charge on any atom is -0.395 e. The lowest BCUT2D eigenvalue weighted by molar-refractivity contribution is 0.214. The summed E-state index contributed by atoms with van der Waals surface area (Å²) < 4.78 is 47.8. The summed E-state index contributed by atoms with van der Waals surface area (Å²) in [6.07, 6.45) is 0. The molecule has 9 heteroatoms. The summed E-state index contributed by atoms with van der Waals surface area (Å²) in [7, 11) is -6.54. The highest BCUT2D eigenvalue weighted by molar-refractivity contribution is 7.90. The highest BCUT2D eigenvalue weighted by Crippen LogP contribution is 2.19. The fraction of sp³-hybridized carbons (Fsp3) is 0.400. The molecule has 0 aromatic heterocycles. The van der Waals surface area contributed by atoms with Gasteiger partial charge in [-0.3, -0.25) is 0 Å². The van der Waals surface area contributed by atoms with E-state index in [0.29, 0.717) is 0 Å². The molecule has 0 aliphatic rings. The zero-order chi connectivity index (χ0) is 14.8. The van der Waals surface area contributed by atoms with Crippen LogP contribution in [0.25, 0.3) is 0 Å². The van der Waals surface area contributed by atoms with Crippen LogP contribution in [0.2, 0.25) is 0 Å². The summed E-state index contributed by atoms with van der Waals surface area (Å²) in [5.41, 5.74) is 0. The maximum Gasteiger partial charge on any atom is 0.243 e. The van der Waals surface area contributed by atoms with Crippen molar-refractivity contribution in [3.05, 3.63) is 24.3 Å². The highest BCUT2D eigenvalue weighted by Gasteiger charge is 2.25. The summed E-state index contributed by atoms with van der Waals surface area (Å²) >= 11 is 0. The lowest BCUT2D eigenvalue weighted by Gasteiger charge is -2.22. The van der Waals surface area contributed by atoms with Crippen molar-refractivity contribution in [3.63, 3.8) is 0 Å². The number of nitrogens with zero attached hydrogens (tertiary/aromatic N) is 1. The monoisotopic (exact) mass is 308 g/mol. The van der Waals surface area contributed by atoms with E-state index in [1.165, 1.54) is 32.2 Å². The van der Waals surface area contributed by atoms with Gasteiger partial charge in [0.2, 0.25) is 20.0 Å². The zero-order valence-electron chi connectivity index (χ0n) is 10.5. The third-order valence-electron chi connectivity index (χ3n) is 2.70. The second-order valence-corrected chi connectivity index (χ2v) is 7.63. The molecule has 0 aliphatic heterocycles. The first-order valence-corrected chi connectivity index (χ1v) is 8.31. The van der Waals surface area contributed by atoms with Crippen molar-refractivity contribution in [2.45, 2.75) is 22.8 Å². The number of benzene rings is 1. The Balaban J connectivity index is 3.31. The van der Waals surface area contributed by atoms with Gasteiger partial charge in [-0.1, -0.05) is 6.07 Å². The molecule has 19 heavy (non-hydrogen) atoms. The Kier molecular flexibility index (Phi) is 4.69. The molecule has 0 aliphatic carbocycles. The maximum atomic E-state index is 12.2. The van der Waals surface area contributed by atoms with E-state index >= 15 is 0 Å². The molecule has 0 saturated heterocycles. The van der Waals surface area contributed by atoms with E-state index < -0.39 is 26.1 Å². The Morgan fingerprint density at radius 2 is 1.79 bits per heavy atom. The number of likely N-dealkylation sites (N-methyl/N-ethyl adjacent to an activating group) is 1. The number of rotatable bonds is 5. The number of hydrogen-bond acceptors (Lipinski definition) is 5. The van der Waals surface area contributed by atoms with Crippen LogP contribution in [0.1, 0.15) is 6.92 Å². The fourth-order valence-electron chi connectivity index (χ4n) is 1.33. The molecule has 1 aromatic rings. The molecule has 0 spiro atoms. The van der Waals surface area contributed by atoms with Crippen LogP contribution in [-0.4, -0.2) is 45.9 Å². The lowest BCUT2D eigenvalue weighted by atomic mass is 10.4. The molecule has 1 aromatic carbocycles. The highest BCUT2D eigenvalue weighted by atomic mass is 32.2. The molecule has 1 rings (SSSR count). The number of aliphatic hydroxyl groups is 1. The summed E-state index contributed by atoms with van der Waals surface area (Å²) in [5.74, 6) is 0. The topological polar surface area (TPSA) is 118 Å². The third-order valence-corrected chi connectivity index (χ3v) is 5.57. The average Bonchev–Trinajstić information content (AvgIpc) is 2.36. The Morgan fingerprint density at radius 1 is 1.26 bits per heavy atom. The van der Waals surface area contributed by atoms with E-state index in [0.717, 1.165) is 10.4 Å². The van der Waals surface area contributed by atoms with Gasteiger partial charge in [-0.05, 0) is 25.1 Å². The number of sulfonamides is 2. The van der Waals surface area contributed by atoms with Gasteiger partial charge in [0.05, 0.1) is 16.4 Å². The third kappa shape index (κ3) is 3.51. The van der Waals surface area contributed by atoms with E-state index in [9.17, 15) is 16.8 Å². The molecular formula is C10H16N2O5S2. The van der Waals surface area contributed by atoms with Crippen LogP contribution in [0, 0.1) is 0 Å². The maximum absolute atomic E-state index is 12.2. The molecule has 0 heterocycles. The predicted molar refractivity (Wildman–Crippen MR) is 69.3 cm³/mol. The van der Waals surface area contributed by atoms with Crippen molar-refractivity contribution >= 4 is 20.0 Å². The van der Waals surface area contributed by atoms with Crippen molar-refractivity contribution in [3.8, 4) is 0 Å². The van der Waals surface area contributed by atoms with E-state index in [-0.39, 0.29) is 16.4 Å². The smallest absolute Gasteiger partial charge is 0.243 e. The van der Waals surface area contributed by atoms with Crippen molar-refractivity contribution in [1.29, 1.82) is 0 Å². The van der Waals surface area contributed by atoms with Crippen molar-refractivity contribution < 1.29 is 21.9 Å². The molecule has 0 bridgehead atoms. The minimum atomic E-state index is -3.97. The first-order valence-electron chi connectivity index (χ1n) is 5.32. The van der Waals surface area contributed by atoms with Gasteiger partial charge < -0.3 is 5.11 Å². The van der Waals surface area contributed by atoms with Crippen molar-refractivity contribution in [1.82, 2.24) is 4.31 Å². The second kappa shape index (κ2) is 5.55. The quantitative estimate of drug-likeness (QED) is 0.748. The molecule has 7 nitrogen and oxygen atoms in total. The van der Waals surface area contributed by atoms with Gasteiger partial charge in [-0.15, -0.1) is 0 Å². The molecule has 0 amide bonds. The SMILES string of the molecule is CC(CO)N(C)S(=O)(=O)c1cccc(S(N)(=O)=O)c1. The Hall–Kier alpha value is -1.00. The van der Waals surface area contributed by atoms with Gasteiger partial charge >= 0.3 is 0 Å². The summed E-state index contributed by atoms with van der Waals surface area (Å²) in [6.45, 7) is 1.19. The minimum absolute atomic E-state index is 0.193. The van der Waals surface area contributed by atoms with Gasteiger partial charge in [0, 0.05) is 13.1 Å². The summed E-state index contributed by atoms with van der Waals surface area (Å²) in [5, 5.41) is 13.9. The van der Waals surface area contributed by atoms with Crippen LogP contribution >= 0.6 is 0 Å². The molecule has 1 unspecified atom stereocenters. The fourth-order valence-corrected chi connectivity index (χ4v) is 3.36. The van der Waals surface area contributed by atoms with Gasteiger partial charge in [-0.25, -0.2) is 22.0 Å². The lowest BCUT2D eigenvalue weighted by Crippen LogP contribution is -2.37. The standard InChI is InChI=1S/C10H16N2O5S2/c1-8(7-13)12(2)19(16,17)10-5-3-4-9(6-10)18(11,14)15/h3-6,8,13H,7H2,1-2H3,(H2,11,14,15). The van der Waals surface area contributed by atoms with Crippen molar-refractivity contribution in [2.75, 3.05) is 13.7 Å². The number of nitrogens with two attached hydrogens (primary N) is 1.